The Balaban J connectivity index is 1.01. The maximum Gasteiger partial charge on any atom is 0.264 e. The summed E-state index contributed by atoms with van der Waals surface area (Å²) in [5, 5.41) is 5.43. The van der Waals surface area contributed by atoms with Crippen molar-refractivity contribution >= 4 is 43.2 Å². The average Bonchev–Trinajstić information content (AvgIpc) is 3.09. The number of hydrogen-bond donors (Lipinski definition) is 2. The van der Waals surface area contributed by atoms with E-state index in [-0.39, 0.29) is 34.0 Å². The third kappa shape index (κ3) is 6.22. The number of benzene rings is 4. The van der Waals surface area contributed by atoms with Gasteiger partial charge in [0.1, 0.15) is 0 Å². The van der Waals surface area contributed by atoms with E-state index in [4.69, 9.17) is 0 Å². The fourth-order valence-corrected chi connectivity index (χ4v) is 8.95. The predicted octanol–water partition coefficient (Wildman–Crippen LogP) is 4.13. The van der Waals surface area contributed by atoms with Crippen molar-refractivity contribution in [2.24, 2.45) is 0 Å². The smallest absolute Gasteiger partial charge is 0.264 e. The van der Waals surface area contributed by atoms with E-state index in [0.717, 1.165) is 36.8 Å². The Morgan fingerprint density at radius 1 is 0.543 bits per heavy atom. The Morgan fingerprint density at radius 2 is 0.913 bits per heavy atom. The topological polar surface area (TPSA) is 133 Å². The molecule has 12 heteroatoms. The Labute approximate surface area is 269 Å². The van der Waals surface area contributed by atoms with Crippen molar-refractivity contribution in [2.75, 3.05) is 34.8 Å². The molecule has 0 unspecified atom stereocenters. The molecule has 2 amide bonds. The summed E-state index contributed by atoms with van der Waals surface area (Å²) in [5.41, 5.74) is 3.92. The van der Waals surface area contributed by atoms with E-state index in [9.17, 15) is 26.4 Å². The molecule has 0 radical (unpaired) electrons. The molecule has 4 aromatic rings. The van der Waals surface area contributed by atoms with Gasteiger partial charge in [0.25, 0.3) is 31.9 Å². The van der Waals surface area contributed by atoms with E-state index in [1.807, 2.05) is 48.5 Å². The molecule has 0 atom stereocenters. The lowest BCUT2D eigenvalue weighted by molar-refractivity contribution is 0.0927. The SMILES string of the molecule is O=C(NCCNC(=O)c1ccc(S(=O)(=O)N2CCCc3ccccc32)cc1)c1ccc(S(=O)(=O)N2CCCc3ccccc32)cc1. The number of nitrogens with one attached hydrogen (secondary N) is 2. The molecular weight excluding hydrogens is 625 g/mol. The molecular formula is C34H34N4O6S2. The first-order valence-corrected chi connectivity index (χ1v) is 18.0. The summed E-state index contributed by atoms with van der Waals surface area (Å²) in [4.78, 5) is 25.6. The van der Waals surface area contributed by atoms with Crippen molar-refractivity contribution in [2.45, 2.75) is 35.5 Å². The first-order chi connectivity index (χ1) is 22.2. The van der Waals surface area contributed by atoms with Gasteiger partial charge in [-0.3, -0.25) is 18.2 Å². The van der Waals surface area contributed by atoms with Crippen molar-refractivity contribution in [1.82, 2.24) is 10.6 Å². The number of hydrogen-bond acceptors (Lipinski definition) is 6. The van der Waals surface area contributed by atoms with Crippen LogP contribution in [-0.2, 0) is 32.9 Å². The number of rotatable bonds is 9. The van der Waals surface area contributed by atoms with Crippen LogP contribution in [0, 0.1) is 0 Å². The molecule has 0 aliphatic carbocycles. The molecule has 0 bridgehead atoms. The fourth-order valence-electron chi connectivity index (χ4n) is 5.86. The van der Waals surface area contributed by atoms with Crippen LogP contribution in [0.4, 0.5) is 11.4 Å². The number of carbonyl (C=O) groups is 2. The van der Waals surface area contributed by atoms with Gasteiger partial charge in [0.15, 0.2) is 0 Å². The lowest BCUT2D eigenvalue weighted by atomic mass is 10.0. The van der Waals surface area contributed by atoms with Gasteiger partial charge in [0, 0.05) is 37.3 Å². The molecule has 6 rings (SSSR count). The van der Waals surface area contributed by atoms with Crippen LogP contribution in [0.3, 0.4) is 0 Å². The first kappa shape index (κ1) is 31.3. The molecule has 0 saturated heterocycles. The van der Waals surface area contributed by atoms with Gasteiger partial charge in [-0.05, 0) is 97.5 Å². The van der Waals surface area contributed by atoms with E-state index in [2.05, 4.69) is 10.6 Å². The van der Waals surface area contributed by atoms with E-state index >= 15 is 0 Å². The standard InChI is InChI=1S/C34H34N4O6S2/c39-33(27-13-17-29(18-14-27)45(41,42)37-23-5-9-25-7-1-3-11-31(25)37)35-21-22-36-34(40)28-15-19-30(20-16-28)46(43,44)38-24-6-10-26-8-2-4-12-32(26)38/h1-4,7-8,11-20H,5-6,9-10,21-24H2,(H,35,39)(H,36,40). The minimum absolute atomic E-state index is 0.104. The minimum atomic E-state index is -3.79. The number of para-hydroxylation sites is 2. The minimum Gasteiger partial charge on any atom is -0.350 e. The van der Waals surface area contributed by atoms with Crippen molar-refractivity contribution in [3.05, 3.63) is 119 Å². The molecule has 2 aliphatic heterocycles. The summed E-state index contributed by atoms with van der Waals surface area (Å²) < 4.78 is 56.3. The van der Waals surface area contributed by atoms with Crippen LogP contribution in [0.5, 0.6) is 0 Å². The molecule has 0 aromatic heterocycles. The van der Waals surface area contributed by atoms with Gasteiger partial charge in [-0.25, -0.2) is 16.8 Å². The number of fused-ring (bicyclic) bond motifs is 2. The summed E-state index contributed by atoms with van der Waals surface area (Å²) in [6, 6.07) is 26.5. The van der Waals surface area contributed by atoms with Gasteiger partial charge in [-0.1, -0.05) is 36.4 Å². The van der Waals surface area contributed by atoms with Gasteiger partial charge in [-0.15, -0.1) is 0 Å². The van der Waals surface area contributed by atoms with Gasteiger partial charge in [0.2, 0.25) is 0 Å². The van der Waals surface area contributed by atoms with Crippen LogP contribution < -0.4 is 19.2 Å². The average molecular weight is 659 g/mol. The number of anilines is 2. The molecule has 0 fully saturated rings. The highest BCUT2D eigenvalue weighted by molar-refractivity contribution is 7.93. The van der Waals surface area contributed by atoms with Gasteiger partial charge < -0.3 is 10.6 Å². The monoisotopic (exact) mass is 658 g/mol. The predicted molar refractivity (Wildman–Crippen MR) is 176 cm³/mol. The van der Waals surface area contributed by atoms with Crippen molar-refractivity contribution in [3.8, 4) is 0 Å². The van der Waals surface area contributed by atoms with Crippen molar-refractivity contribution in [3.63, 3.8) is 0 Å². The number of amides is 2. The molecule has 2 heterocycles. The third-order valence-corrected chi connectivity index (χ3v) is 11.9. The quantitative estimate of drug-likeness (QED) is 0.260. The summed E-state index contributed by atoms with van der Waals surface area (Å²) in [6.45, 7) is 1.06. The second kappa shape index (κ2) is 13.0. The molecule has 4 aromatic carbocycles. The Hall–Kier alpha value is -4.68. The van der Waals surface area contributed by atoms with E-state index in [1.54, 1.807) is 0 Å². The number of carbonyl (C=O) groups excluding carboxylic acids is 2. The van der Waals surface area contributed by atoms with Crippen LogP contribution in [-0.4, -0.2) is 54.8 Å². The zero-order valence-electron chi connectivity index (χ0n) is 25.1. The third-order valence-electron chi connectivity index (χ3n) is 8.24. The summed E-state index contributed by atoms with van der Waals surface area (Å²) in [6.07, 6.45) is 3.11. The number of aryl methyl sites for hydroxylation is 2. The maximum absolute atomic E-state index is 13.4. The molecule has 10 nitrogen and oxygen atoms in total. The zero-order chi connectivity index (χ0) is 32.3. The second-order valence-corrected chi connectivity index (χ2v) is 14.9. The summed E-state index contributed by atoms with van der Waals surface area (Å²) in [7, 11) is -7.57. The summed E-state index contributed by atoms with van der Waals surface area (Å²) in [5.74, 6) is -0.814. The van der Waals surface area contributed by atoms with Crippen LogP contribution in [0.2, 0.25) is 0 Å². The Kier molecular flexibility index (Phi) is 8.83. The van der Waals surface area contributed by atoms with Crippen LogP contribution in [0.15, 0.2) is 107 Å². The van der Waals surface area contributed by atoms with Crippen LogP contribution in [0.1, 0.15) is 44.7 Å². The molecule has 2 N–H and O–H groups in total. The highest BCUT2D eigenvalue weighted by atomic mass is 32.2. The van der Waals surface area contributed by atoms with E-state index in [1.165, 1.54) is 57.1 Å². The van der Waals surface area contributed by atoms with E-state index < -0.39 is 31.9 Å². The number of sulfonamides is 2. The highest BCUT2D eigenvalue weighted by Crippen LogP contribution is 2.33. The molecule has 46 heavy (non-hydrogen) atoms. The molecule has 238 valence electrons. The van der Waals surface area contributed by atoms with Gasteiger partial charge in [-0.2, -0.15) is 0 Å². The van der Waals surface area contributed by atoms with Crippen molar-refractivity contribution in [1.29, 1.82) is 0 Å². The molecule has 2 aliphatic rings. The van der Waals surface area contributed by atoms with Gasteiger partial charge in [0.05, 0.1) is 21.2 Å². The Morgan fingerprint density at radius 3 is 1.30 bits per heavy atom. The lowest BCUT2D eigenvalue weighted by Crippen LogP contribution is -2.36. The lowest BCUT2D eigenvalue weighted by Gasteiger charge is -2.30. The largest absolute Gasteiger partial charge is 0.350 e. The zero-order valence-corrected chi connectivity index (χ0v) is 26.7. The van der Waals surface area contributed by atoms with Gasteiger partial charge >= 0.3 is 0 Å². The molecule has 0 spiro atoms. The first-order valence-electron chi connectivity index (χ1n) is 15.1. The van der Waals surface area contributed by atoms with E-state index in [0.29, 0.717) is 24.5 Å². The van der Waals surface area contributed by atoms with Crippen molar-refractivity contribution < 1.29 is 26.4 Å². The Bertz CT molecular complexity index is 1830. The highest BCUT2D eigenvalue weighted by Gasteiger charge is 2.30. The van der Waals surface area contributed by atoms with Crippen LogP contribution >= 0.6 is 0 Å². The number of nitrogens with zero attached hydrogens (tertiary/aromatic N) is 2. The fraction of sp³-hybridized carbons (Fsp3) is 0.235. The van der Waals surface area contributed by atoms with Crippen LogP contribution in [0.25, 0.3) is 0 Å². The summed E-state index contributed by atoms with van der Waals surface area (Å²) >= 11 is 0. The second-order valence-electron chi connectivity index (χ2n) is 11.2. The molecule has 0 saturated carbocycles. The normalized spacial score (nSPS) is 14.6. The maximum atomic E-state index is 13.4.